The molecule has 4 rings (SSSR count). The van der Waals surface area contributed by atoms with Gasteiger partial charge in [-0.25, -0.2) is 0 Å². The minimum Gasteiger partial charge on any atom is -0.417 e. The molecule has 0 amide bonds. The number of benzene rings is 4. The first kappa shape index (κ1) is 36.2. The van der Waals surface area contributed by atoms with Crippen molar-refractivity contribution in [2.24, 2.45) is 0 Å². The molecule has 0 aliphatic carbocycles. The first-order valence-corrected chi connectivity index (χ1v) is 19.2. The van der Waals surface area contributed by atoms with Crippen molar-refractivity contribution in [2.75, 3.05) is 0 Å². The molecule has 0 heterocycles. The second-order valence-corrected chi connectivity index (χ2v) is 15.0. The lowest BCUT2D eigenvalue weighted by Crippen LogP contribution is -2.19. The van der Waals surface area contributed by atoms with Crippen molar-refractivity contribution < 1.29 is 13.6 Å². The molecule has 0 saturated heterocycles. The molecule has 0 spiro atoms. The summed E-state index contributed by atoms with van der Waals surface area (Å²) < 4.78 is 20.4. The fourth-order valence-electron chi connectivity index (χ4n) is 6.53. The standard InChI is InChI=1S/C42H59O3P/c1-10-16-30-22-32(18-12-3)38-28-40(34(20-14-5)26-36(38)24-30)43-46(45-42(7,8)9)44-41-29-39-33(19-13-4)23-31(17-11-2)25-37(39)27-35(41)21-15-6/h22-29H,10-21H2,1-9H3. The van der Waals surface area contributed by atoms with E-state index in [1.54, 1.807) is 0 Å². The van der Waals surface area contributed by atoms with Crippen LogP contribution in [0.4, 0.5) is 0 Å². The Bertz CT molecular complexity index is 1470. The first-order chi connectivity index (χ1) is 22.1. The van der Waals surface area contributed by atoms with E-state index in [1.165, 1.54) is 54.9 Å². The van der Waals surface area contributed by atoms with Gasteiger partial charge in [0.2, 0.25) is 0 Å². The summed E-state index contributed by atoms with van der Waals surface area (Å²) in [7, 11) is -1.72. The number of hydrogen-bond acceptors (Lipinski definition) is 3. The molecule has 0 radical (unpaired) electrons. The monoisotopic (exact) mass is 642 g/mol. The van der Waals surface area contributed by atoms with Gasteiger partial charge in [-0.3, -0.25) is 4.52 Å². The Balaban J connectivity index is 1.82. The van der Waals surface area contributed by atoms with Crippen LogP contribution in [0.1, 0.15) is 134 Å². The van der Waals surface area contributed by atoms with Gasteiger partial charge >= 0.3 is 8.60 Å². The van der Waals surface area contributed by atoms with Crippen LogP contribution in [0.2, 0.25) is 0 Å². The summed E-state index contributed by atoms with van der Waals surface area (Å²) in [6, 6.07) is 18.9. The van der Waals surface area contributed by atoms with Gasteiger partial charge in [-0.2, -0.15) is 0 Å². The van der Waals surface area contributed by atoms with Crippen LogP contribution < -0.4 is 9.05 Å². The predicted molar refractivity (Wildman–Crippen MR) is 201 cm³/mol. The van der Waals surface area contributed by atoms with Crippen LogP contribution in [0.15, 0.2) is 48.5 Å². The highest BCUT2D eigenvalue weighted by atomic mass is 31.2. The molecule has 4 heteroatoms. The molecule has 0 unspecified atom stereocenters. The van der Waals surface area contributed by atoms with Gasteiger partial charge in [0.25, 0.3) is 0 Å². The first-order valence-electron chi connectivity index (χ1n) is 18.1. The molecular weight excluding hydrogens is 583 g/mol. The summed E-state index contributed by atoms with van der Waals surface area (Å²) in [4.78, 5) is 0. The Labute approximate surface area is 281 Å². The molecule has 0 aliphatic heterocycles. The van der Waals surface area contributed by atoms with Crippen molar-refractivity contribution >= 4 is 30.1 Å². The lowest BCUT2D eigenvalue weighted by atomic mass is 9.94. The molecule has 0 aromatic heterocycles. The topological polar surface area (TPSA) is 27.7 Å². The Hall–Kier alpha value is -2.61. The second-order valence-electron chi connectivity index (χ2n) is 14.0. The Morgan fingerprint density at radius 2 is 0.826 bits per heavy atom. The third kappa shape index (κ3) is 9.48. The van der Waals surface area contributed by atoms with E-state index in [4.69, 9.17) is 13.6 Å². The number of hydrogen-bond donors (Lipinski definition) is 0. The van der Waals surface area contributed by atoms with E-state index in [2.05, 4.69) is 111 Å². The molecule has 0 N–H and O–H groups in total. The fourth-order valence-corrected chi connectivity index (χ4v) is 7.75. The molecule has 3 nitrogen and oxygen atoms in total. The highest BCUT2D eigenvalue weighted by molar-refractivity contribution is 7.42. The zero-order chi connectivity index (χ0) is 33.3. The van der Waals surface area contributed by atoms with Crippen molar-refractivity contribution in [1.82, 2.24) is 0 Å². The zero-order valence-corrected chi connectivity index (χ0v) is 31.2. The van der Waals surface area contributed by atoms with Crippen LogP contribution in [0.3, 0.4) is 0 Å². The van der Waals surface area contributed by atoms with Crippen LogP contribution in [-0.2, 0) is 43.0 Å². The molecule has 0 fully saturated rings. The van der Waals surface area contributed by atoms with Crippen LogP contribution in [0.25, 0.3) is 21.5 Å². The summed E-state index contributed by atoms with van der Waals surface area (Å²) in [5.41, 5.74) is 7.69. The van der Waals surface area contributed by atoms with E-state index >= 15 is 0 Å². The molecule has 250 valence electrons. The summed E-state index contributed by atoms with van der Waals surface area (Å²) in [6.07, 6.45) is 12.9. The largest absolute Gasteiger partial charge is 0.463 e. The Morgan fingerprint density at radius 3 is 1.17 bits per heavy atom. The second kappa shape index (κ2) is 17.0. The van der Waals surface area contributed by atoms with E-state index in [9.17, 15) is 0 Å². The van der Waals surface area contributed by atoms with Gasteiger partial charge < -0.3 is 9.05 Å². The van der Waals surface area contributed by atoms with Crippen molar-refractivity contribution in [3.63, 3.8) is 0 Å². The Morgan fingerprint density at radius 1 is 0.457 bits per heavy atom. The molecule has 4 aromatic carbocycles. The number of rotatable bonds is 17. The maximum absolute atomic E-state index is 6.89. The molecule has 0 bridgehead atoms. The van der Waals surface area contributed by atoms with Gasteiger partial charge in [-0.05, 0) is 138 Å². The Kier molecular flexibility index (Phi) is 13.4. The maximum atomic E-state index is 6.89. The van der Waals surface area contributed by atoms with Gasteiger partial charge in [0.15, 0.2) is 0 Å². The third-order valence-corrected chi connectivity index (χ3v) is 9.80. The zero-order valence-electron chi connectivity index (χ0n) is 30.3. The molecule has 0 saturated carbocycles. The van der Waals surface area contributed by atoms with E-state index in [-0.39, 0.29) is 0 Å². The minimum atomic E-state index is -1.72. The van der Waals surface area contributed by atoms with E-state index in [0.29, 0.717) is 0 Å². The maximum Gasteiger partial charge on any atom is 0.463 e. The highest BCUT2D eigenvalue weighted by Gasteiger charge is 2.28. The number of aryl methyl sites for hydroxylation is 6. The van der Waals surface area contributed by atoms with Crippen molar-refractivity contribution in [2.45, 2.75) is 145 Å². The van der Waals surface area contributed by atoms with Crippen LogP contribution >= 0.6 is 8.60 Å². The van der Waals surface area contributed by atoms with Crippen molar-refractivity contribution in [1.29, 1.82) is 0 Å². The summed E-state index contributed by atoms with van der Waals surface area (Å²) in [5.74, 6) is 1.78. The molecule has 46 heavy (non-hydrogen) atoms. The van der Waals surface area contributed by atoms with Crippen molar-refractivity contribution in [3.05, 3.63) is 81.9 Å². The smallest absolute Gasteiger partial charge is 0.417 e. The van der Waals surface area contributed by atoms with Crippen LogP contribution in [-0.4, -0.2) is 5.60 Å². The lowest BCUT2D eigenvalue weighted by Gasteiger charge is -2.27. The van der Waals surface area contributed by atoms with Crippen molar-refractivity contribution in [3.8, 4) is 11.5 Å². The van der Waals surface area contributed by atoms with Crippen LogP contribution in [0.5, 0.6) is 11.5 Å². The molecular formula is C42H59O3P. The summed E-state index contributed by atoms with van der Waals surface area (Å²) in [6.45, 7) is 19.8. The summed E-state index contributed by atoms with van der Waals surface area (Å²) in [5, 5.41) is 5.20. The summed E-state index contributed by atoms with van der Waals surface area (Å²) >= 11 is 0. The van der Waals surface area contributed by atoms with Gasteiger partial charge in [-0.15, -0.1) is 0 Å². The average Bonchev–Trinajstić information content (AvgIpc) is 2.98. The molecule has 4 aromatic rings. The van der Waals surface area contributed by atoms with Gasteiger partial charge in [0.1, 0.15) is 11.5 Å². The minimum absolute atomic E-state index is 0.430. The van der Waals surface area contributed by atoms with Gasteiger partial charge in [0.05, 0.1) is 5.60 Å². The van der Waals surface area contributed by atoms with Gasteiger partial charge in [0, 0.05) is 0 Å². The highest BCUT2D eigenvalue weighted by Crippen LogP contribution is 2.48. The normalized spacial score (nSPS) is 12.0. The van der Waals surface area contributed by atoms with Gasteiger partial charge in [-0.1, -0.05) is 104 Å². The number of fused-ring (bicyclic) bond motifs is 2. The van der Waals surface area contributed by atoms with E-state index in [1.807, 2.05) is 0 Å². The quantitative estimate of drug-likeness (QED) is 0.107. The predicted octanol–water partition coefficient (Wildman–Crippen LogP) is 13.2. The fraction of sp³-hybridized carbons (Fsp3) is 0.524. The van der Waals surface area contributed by atoms with Crippen LogP contribution in [0, 0.1) is 0 Å². The molecule has 0 atom stereocenters. The van der Waals surface area contributed by atoms with E-state index in [0.717, 1.165) is 88.5 Å². The average molecular weight is 643 g/mol. The van der Waals surface area contributed by atoms with E-state index < -0.39 is 14.2 Å². The lowest BCUT2D eigenvalue weighted by molar-refractivity contribution is 0.114. The third-order valence-electron chi connectivity index (χ3n) is 8.41. The molecule has 0 aliphatic rings. The SMILES string of the molecule is CCCc1cc(CCC)c2cc(OP(Oc3cc4c(CCC)cc(CCC)cc4cc3CCC)OC(C)(C)C)c(CCC)cc2c1.